The Morgan fingerprint density at radius 1 is 1.38 bits per heavy atom. The summed E-state index contributed by atoms with van der Waals surface area (Å²) in [6, 6.07) is 9.72. The molecular weight excluding hydrogens is 286 g/mol. The summed E-state index contributed by atoms with van der Waals surface area (Å²) < 4.78 is 1.11. The molecule has 0 aliphatic heterocycles. The Kier molecular flexibility index (Phi) is 3.69. The highest BCUT2D eigenvalue weighted by atomic mass is 79.9. The Bertz CT molecular complexity index is 493. The van der Waals surface area contributed by atoms with Crippen LogP contribution in [-0.2, 0) is 0 Å². The standard InChI is InChI=1S/C11H10BrN3S/c1-8(9-5-6-10(12)16-9)14-15-11-4-2-3-7-13-11/h2-7H,1H3,(H,13,15). The van der Waals surface area contributed by atoms with Gasteiger partial charge in [-0.25, -0.2) is 4.98 Å². The van der Waals surface area contributed by atoms with Crippen LogP contribution in [0.5, 0.6) is 0 Å². The van der Waals surface area contributed by atoms with Gasteiger partial charge in [-0.05, 0) is 47.1 Å². The highest BCUT2D eigenvalue weighted by molar-refractivity contribution is 9.11. The molecule has 5 heteroatoms. The molecule has 2 aromatic heterocycles. The molecule has 0 aliphatic carbocycles. The zero-order valence-electron chi connectivity index (χ0n) is 8.64. The minimum atomic E-state index is 0.748. The predicted octanol–water partition coefficient (Wildman–Crippen LogP) is 3.74. The second-order valence-corrected chi connectivity index (χ2v) is 5.59. The van der Waals surface area contributed by atoms with Crippen molar-refractivity contribution < 1.29 is 0 Å². The van der Waals surface area contributed by atoms with E-state index in [2.05, 4.69) is 31.4 Å². The van der Waals surface area contributed by atoms with E-state index < -0.39 is 0 Å². The molecule has 0 bridgehead atoms. The summed E-state index contributed by atoms with van der Waals surface area (Å²) >= 11 is 5.08. The van der Waals surface area contributed by atoms with Gasteiger partial charge in [-0.15, -0.1) is 11.3 Å². The maximum Gasteiger partial charge on any atom is 0.146 e. The Morgan fingerprint density at radius 2 is 2.25 bits per heavy atom. The summed E-state index contributed by atoms with van der Waals surface area (Å²) in [7, 11) is 0. The van der Waals surface area contributed by atoms with Crippen LogP contribution in [0.15, 0.2) is 45.4 Å². The molecule has 2 aromatic rings. The molecule has 1 N–H and O–H groups in total. The van der Waals surface area contributed by atoms with E-state index in [1.807, 2.05) is 37.3 Å². The average Bonchev–Trinajstić information content (AvgIpc) is 2.74. The Morgan fingerprint density at radius 3 is 2.88 bits per heavy atom. The van der Waals surface area contributed by atoms with Crippen molar-refractivity contribution in [3.05, 3.63) is 45.2 Å². The van der Waals surface area contributed by atoms with Gasteiger partial charge in [-0.2, -0.15) is 5.10 Å². The van der Waals surface area contributed by atoms with Crippen LogP contribution in [0.2, 0.25) is 0 Å². The smallest absolute Gasteiger partial charge is 0.146 e. The fourth-order valence-electron chi connectivity index (χ4n) is 1.13. The van der Waals surface area contributed by atoms with Gasteiger partial charge < -0.3 is 0 Å². The lowest BCUT2D eigenvalue weighted by Crippen LogP contribution is -1.98. The first-order valence-corrected chi connectivity index (χ1v) is 6.34. The van der Waals surface area contributed by atoms with Gasteiger partial charge in [-0.1, -0.05) is 6.07 Å². The molecule has 0 radical (unpaired) electrons. The fourth-order valence-corrected chi connectivity index (χ4v) is 2.46. The van der Waals surface area contributed by atoms with Crippen LogP contribution >= 0.6 is 27.3 Å². The van der Waals surface area contributed by atoms with E-state index >= 15 is 0 Å². The number of pyridine rings is 1. The molecule has 0 saturated carbocycles. The van der Waals surface area contributed by atoms with E-state index in [0.717, 1.165) is 20.2 Å². The predicted molar refractivity (Wildman–Crippen MR) is 72.1 cm³/mol. The minimum absolute atomic E-state index is 0.748. The van der Waals surface area contributed by atoms with Crippen molar-refractivity contribution in [2.75, 3.05) is 5.43 Å². The molecular formula is C11H10BrN3S. The van der Waals surface area contributed by atoms with Crippen LogP contribution in [0.25, 0.3) is 0 Å². The molecule has 2 rings (SSSR count). The molecule has 0 aromatic carbocycles. The van der Waals surface area contributed by atoms with E-state index in [0.29, 0.717) is 0 Å². The van der Waals surface area contributed by atoms with Crippen molar-refractivity contribution in [3.8, 4) is 0 Å². The Hall–Kier alpha value is -1.20. The highest BCUT2D eigenvalue weighted by Gasteiger charge is 2.00. The van der Waals surface area contributed by atoms with Crippen LogP contribution in [0.4, 0.5) is 5.82 Å². The number of anilines is 1. The average molecular weight is 296 g/mol. The van der Waals surface area contributed by atoms with Gasteiger partial charge in [0.15, 0.2) is 0 Å². The topological polar surface area (TPSA) is 37.3 Å². The number of halogens is 1. The first kappa shape index (κ1) is 11.3. The SMILES string of the molecule is CC(=NNc1ccccn1)c1ccc(Br)s1. The van der Waals surface area contributed by atoms with Gasteiger partial charge in [0.1, 0.15) is 5.82 Å². The Labute approximate surface area is 106 Å². The number of nitrogens with one attached hydrogen (secondary N) is 1. The molecule has 0 amide bonds. The number of hydrogen-bond donors (Lipinski definition) is 1. The fraction of sp³-hybridized carbons (Fsp3) is 0.0909. The summed E-state index contributed by atoms with van der Waals surface area (Å²) in [4.78, 5) is 5.26. The van der Waals surface area contributed by atoms with E-state index in [1.54, 1.807) is 17.5 Å². The van der Waals surface area contributed by atoms with Gasteiger partial charge in [0.25, 0.3) is 0 Å². The van der Waals surface area contributed by atoms with E-state index in [9.17, 15) is 0 Å². The number of nitrogens with zero attached hydrogens (tertiary/aromatic N) is 2. The van der Waals surface area contributed by atoms with Crippen LogP contribution in [-0.4, -0.2) is 10.7 Å². The molecule has 0 fully saturated rings. The summed E-state index contributed by atoms with van der Waals surface area (Å²) in [5.41, 5.74) is 3.87. The first-order valence-electron chi connectivity index (χ1n) is 4.73. The van der Waals surface area contributed by atoms with Gasteiger partial charge in [0, 0.05) is 6.20 Å². The van der Waals surface area contributed by atoms with E-state index in [-0.39, 0.29) is 0 Å². The second-order valence-electron chi connectivity index (χ2n) is 3.13. The van der Waals surface area contributed by atoms with Gasteiger partial charge in [0.05, 0.1) is 14.4 Å². The highest BCUT2D eigenvalue weighted by Crippen LogP contribution is 2.22. The number of rotatable bonds is 3. The zero-order valence-corrected chi connectivity index (χ0v) is 11.0. The van der Waals surface area contributed by atoms with E-state index in [1.165, 1.54) is 0 Å². The number of thiophene rings is 1. The molecule has 0 spiro atoms. The Balaban J connectivity index is 2.08. The van der Waals surface area contributed by atoms with Crippen molar-refractivity contribution in [3.63, 3.8) is 0 Å². The molecule has 2 heterocycles. The number of aromatic nitrogens is 1. The van der Waals surface area contributed by atoms with Crippen molar-refractivity contribution in [2.24, 2.45) is 5.10 Å². The molecule has 0 atom stereocenters. The van der Waals surface area contributed by atoms with Gasteiger partial charge >= 0.3 is 0 Å². The zero-order chi connectivity index (χ0) is 11.4. The summed E-state index contributed by atoms with van der Waals surface area (Å²) in [5, 5.41) is 4.27. The van der Waals surface area contributed by atoms with Crippen molar-refractivity contribution in [1.29, 1.82) is 0 Å². The monoisotopic (exact) mass is 295 g/mol. The van der Waals surface area contributed by atoms with Crippen LogP contribution in [0.1, 0.15) is 11.8 Å². The first-order chi connectivity index (χ1) is 7.75. The summed E-state index contributed by atoms with van der Waals surface area (Å²) in [6.45, 7) is 1.97. The number of hydrogen-bond acceptors (Lipinski definition) is 4. The maximum atomic E-state index is 4.27. The lowest BCUT2D eigenvalue weighted by Gasteiger charge is -1.99. The molecule has 3 nitrogen and oxygen atoms in total. The maximum absolute atomic E-state index is 4.27. The van der Waals surface area contributed by atoms with Crippen LogP contribution in [0.3, 0.4) is 0 Å². The minimum Gasteiger partial charge on any atom is -0.261 e. The molecule has 0 unspecified atom stereocenters. The molecule has 0 aliphatic rings. The third-order valence-electron chi connectivity index (χ3n) is 1.93. The van der Waals surface area contributed by atoms with Crippen molar-refractivity contribution in [1.82, 2.24) is 4.98 Å². The van der Waals surface area contributed by atoms with Crippen LogP contribution < -0.4 is 5.43 Å². The number of hydrazone groups is 1. The van der Waals surface area contributed by atoms with Gasteiger partial charge in [-0.3, -0.25) is 5.43 Å². The largest absolute Gasteiger partial charge is 0.261 e. The van der Waals surface area contributed by atoms with E-state index in [4.69, 9.17) is 0 Å². The molecule has 16 heavy (non-hydrogen) atoms. The molecule has 0 saturated heterocycles. The van der Waals surface area contributed by atoms with Crippen LogP contribution in [0, 0.1) is 0 Å². The molecule has 82 valence electrons. The summed E-state index contributed by atoms with van der Waals surface area (Å²) in [5.74, 6) is 0.748. The quantitative estimate of drug-likeness (QED) is 0.692. The third kappa shape index (κ3) is 2.90. The third-order valence-corrected chi connectivity index (χ3v) is 3.67. The van der Waals surface area contributed by atoms with Crippen molar-refractivity contribution >= 4 is 38.8 Å². The van der Waals surface area contributed by atoms with Crippen molar-refractivity contribution in [2.45, 2.75) is 6.92 Å². The lowest BCUT2D eigenvalue weighted by atomic mass is 10.3. The van der Waals surface area contributed by atoms with Gasteiger partial charge in [0.2, 0.25) is 0 Å². The second kappa shape index (κ2) is 5.23. The normalized spacial score (nSPS) is 11.5. The summed E-state index contributed by atoms with van der Waals surface area (Å²) in [6.07, 6.45) is 1.73. The lowest BCUT2D eigenvalue weighted by molar-refractivity contribution is 1.22.